The summed E-state index contributed by atoms with van der Waals surface area (Å²) in [4.78, 5) is 15.0. The molecule has 7 heterocycles. The molecule has 11 rings (SSSR count). The summed E-state index contributed by atoms with van der Waals surface area (Å²) < 4.78 is 78.9. The molecule has 11 aliphatic rings. The molecule has 7 aliphatic heterocycles. The van der Waals surface area contributed by atoms with Gasteiger partial charge in [0.25, 0.3) is 0 Å². The number of hydrogen-bond donors (Lipinski definition) is 18. The van der Waals surface area contributed by atoms with E-state index in [1.165, 1.54) is 6.92 Å². The van der Waals surface area contributed by atoms with Crippen LogP contribution in [0, 0.1) is 46.3 Å². The lowest BCUT2D eigenvalue weighted by molar-refractivity contribution is -0.408. The molecule has 0 aromatic carbocycles. The minimum absolute atomic E-state index is 0.00608. The standard InChI is InChI=1S/C61H98O32/c1-20(17-81-54-46(78)43(75)40(72)32(14-62)87-54)10-28(65)49-21(2)36-31(86-49)12-27-25-7-6-23-11-24(8-9-60(23,4)26(25)13-35(68)61(27,36)5)85-58-52(92-57-47(79)42(74)37(69)22(3)84-57)48(80)50(34(16-64)89-58)90-59-53(93-56-45(77)39(71)30(67)19-83-56)51(41(73)33(15-63)88-59)91-55-44(76)38(70)29(66)18-82-55/h20,22-34,36-48,50-59,62-67,69-80H,6-19H2,1-5H3. The first kappa shape index (κ1) is 72.3. The van der Waals surface area contributed by atoms with E-state index in [1.54, 1.807) is 0 Å². The fourth-order valence-corrected chi connectivity index (χ4v) is 17.3. The highest BCUT2D eigenvalue weighted by Gasteiger charge is 2.69. The summed E-state index contributed by atoms with van der Waals surface area (Å²) in [6.45, 7) is 5.80. The van der Waals surface area contributed by atoms with Gasteiger partial charge in [0.1, 0.15) is 152 Å². The van der Waals surface area contributed by atoms with Crippen LogP contribution in [-0.2, 0) is 66.4 Å². The van der Waals surface area contributed by atoms with Crippen molar-refractivity contribution in [1.82, 2.24) is 0 Å². The predicted octanol–water partition coefficient (Wildman–Crippen LogP) is -6.90. The van der Waals surface area contributed by atoms with Gasteiger partial charge in [0.15, 0.2) is 37.7 Å². The molecule has 18 N–H and O–H groups in total. The van der Waals surface area contributed by atoms with E-state index in [-0.39, 0.29) is 65.8 Å². The van der Waals surface area contributed by atoms with Gasteiger partial charge in [-0.3, -0.25) is 4.79 Å². The van der Waals surface area contributed by atoms with Crippen molar-refractivity contribution in [2.24, 2.45) is 46.3 Å². The molecule has 0 radical (unpaired) electrons. The minimum Gasteiger partial charge on any atom is -0.491 e. The van der Waals surface area contributed by atoms with E-state index >= 15 is 4.79 Å². The van der Waals surface area contributed by atoms with Crippen LogP contribution in [0.1, 0.15) is 86.0 Å². The van der Waals surface area contributed by atoms with Crippen molar-refractivity contribution in [2.45, 2.75) is 276 Å². The maximum Gasteiger partial charge on any atom is 0.187 e. The molecule has 32 nitrogen and oxygen atoms in total. The lowest BCUT2D eigenvalue weighted by Gasteiger charge is -2.60. The Morgan fingerprint density at radius 2 is 1.10 bits per heavy atom. The Labute approximate surface area is 536 Å². The van der Waals surface area contributed by atoms with Crippen molar-refractivity contribution in [1.29, 1.82) is 0 Å². The Morgan fingerprint density at radius 3 is 1.74 bits per heavy atom. The van der Waals surface area contributed by atoms with Gasteiger partial charge < -0.3 is 153 Å². The third-order valence-electron chi connectivity index (χ3n) is 22.8. The summed E-state index contributed by atoms with van der Waals surface area (Å²) in [7, 11) is 0. The lowest BCUT2D eigenvalue weighted by atomic mass is 9.44. The fraction of sp³-hybridized carbons (Fsp3) is 0.951. The van der Waals surface area contributed by atoms with Gasteiger partial charge in [-0.2, -0.15) is 0 Å². The summed E-state index contributed by atoms with van der Waals surface area (Å²) in [6.07, 6.45) is -45.7. The zero-order valence-electron chi connectivity index (χ0n) is 52.5. The third-order valence-corrected chi connectivity index (χ3v) is 22.8. The molecule has 0 amide bonds. The molecule has 4 saturated carbocycles. The zero-order valence-corrected chi connectivity index (χ0v) is 52.5. The van der Waals surface area contributed by atoms with Crippen LogP contribution in [0.15, 0.2) is 11.3 Å². The highest BCUT2D eigenvalue weighted by atomic mass is 16.8. The van der Waals surface area contributed by atoms with Crippen LogP contribution in [-0.4, -0.2) is 328 Å². The molecule has 10 fully saturated rings. The number of aliphatic hydroxyl groups is 18. The largest absolute Gasteiger partial charge is 0.491 e. The molecule has 4 aliphatic carbocycles. The molecular weight excluding hydrogens is 1240 g/mol. The third kappa shape index (κ3) is 13.4. The van der Waals surface area contributed by atoms with Gasteiger partial charge in [-0.1, -0.05) is 20.8 Å². The second-order valence-corrected chi connectivity index (χ2v) is 28.4. The van der Waals surface area contributed by atoms with Gasteiger partial charge in [-0.15, -0.1) is 0 Å². The van der Waals surface area contributed by atoms with Gasteiger partial charge in [0, 0.05) is 17.8 Å². The summed E-state index contributed by atoms with van der Waals surface area (Å²) >= 11 is 0. The molecule has 93 heavy (non-hydrogen) atoms. The van der Waals surface area contributed by atoms with E-state index in [4.69, 9.17) is 61.6 Å². The van der Waals surface area contributed by atoms with Crippen LogP contribution in [0.4, 0.5) is 0 Å². The minimum atomic E-state index is -2.00. The van der Waals surface area contributed by atoms with Crippen molar-refractivity contribution >= 4 is 5.78 Å². The summed E-state index contributed by atoms with van der Waals surface area (Å²) in [6, 6.07) is 0. The lowest BCUT2D eigenvalue weighted by Crippen LogP contribution is -2.68. The molecule has 39 unspecified atom stereocenters. The van der Waals surface area contributed by atoms with Crippen LogP contribution in [0.25, 0.3) is 0 Å². The van der Waals surface area contributed by atoms with Crippen LogP contribution in [0.3, 0.4) is 0 Å². The fourth-order valence-electron chi connectivity index (χ4n) is 17.3. The van der Waals surface area contributed by atoms with E-state index in [1.807, 2.05) is 20.8 Å². The highest BCUT2D eigenvalue weighted by Crippen LogP contribution is 2.69. The van der Waals surface area contributed by atoms with Crippen molar-refractivity contribution in [2.75, 3.05) is 39.6 Å². The normalized spacial score (nSPS) is 53.3. The average Bonchev–Trinajstić information content (AvgIpc) is 1.57. The van der Waals surface area contributed by atoms with Gasteiger partial charge in [0.05, 0.1) is 51.8 Å². The number of Topliss-reactive ketones (excluding diaryl/α,β-unsaturated/α-hetero) is 1. The quantitative estimate of drug-likeness (QED) is 0.0535. The Kier molecular flexibility index (Phi) is 22.5. The molecule has 534 valence electrons. The number of aliphatic hydroxyl groups excluding tert-OH is 18. The maximum absolute atomic E-state index is 15.0. The number of hydrogen-bond acceptors (Lipinski definition) is 32. The number of fused-ring (bicyclic) bond motifs is 7. The van der Waals surface area contributed by atoms with Crippen LogP contribution in [0.2, 0.25) is 0 Å². The van der Waals surface area contributed by atoms with Gasteiger partial charge in [-0.25, -0.2) is 0 Å². The van der Waals surface area contributed by atoms with E-state index in [0.29, 0.717) is 37.9 Å². The maximum atomic E-state index is 15.0. The van der Waals surface area contributed by atoms with Gasteiger partial charge >= 0.3 is 0 Å². The predicted molar refractivity (Wildman–Crippen MR) is 304 cm³/mol. The van der Waals surface area contributed by atoms with Crippen molar-refractivity contribution in [3.05, 3.63) is 11.3 Å². The first-order valence-corrected chi connectivity index (χ1v) is 32.7. The first-order chi connectivity index (χ1) is 44.1. The second kappa shape index (κ2) is 28.9. The van der Waals surface area contributed by atoms with Crippen molar-refractivity contribution < 1.29 is 158 Å². The molecule has 0 aromatic heterocycles. The summed E-state index contributed by atoms with van der Waals surface area (Å²) in [5.74, 6) is 0.0794. The first-order valence-electron chi connectivity index (χ1n) is 32.7. The monoisotopic (exact) mass is 1340 g/mol. The molecule has 32 heteroatoms. The summed E-state index contributed by atoms with van der Waals surface area (Å²) in [5.41, 5.74) is -0.312. The van der Waals surface area contributed by atoms with E-state index in [2.05, 4.69) is 6.92 Å². The SMILES string of the molecule is CC1=C(C(O)CC(C)COC2OC(CO)C(O)C(O)C2O)OC2CC3C4CCC5CC(OC6OC(CO)C(OC7OC(CO)C(O)C(OC8OCC(O)C(O)C8O)C7OC7OCC(O)C(O)C7O)C(O)C6OC6OC(C)C(O)C(O)C6O)CCC5(C)C4CC(=O)C3(C)C12. The van der Waals surface area contributed by atoms with Crippen molar-refractivity contribution in [3.8, 4) is 0 Å². The number of ketones is 1. The number of rotatable bonds is 19. The smallest absolute Gasteiger partial charge is 0.187 e. The number of carbonyl (C=O) groups is 1. The zero-order chi connectivity index (χ0) is 67.2. The van der Waals surface area contributed by atoms with E-state index in [0.717, 1.165) is 18.4 Å². The van der Waals surface area contributed by atoms with Gasteiger partial charge in [0.2, 0.25) is 0 Å². The van der Waals surface area contributed by atoms with Crippen LogP contribution < -0.4 is 0 Å². The molecule has 0 spiro atoms. The molecule has 0 bridgehead atoms. The molecule has 39 atom stereocenters. The summed E-state index contributed by atoms with van der Waals surface area (Å²) in [5, 5.41) is 195. The molecular formula is C61H98O32. The highest BCUT2D eigenvalue weighted by molar-refractivity contribution is 5.87. The van der Waals surface area contributed by atoms with Crippen LogP contribution >= 0.6 is 0 Å². The number of carbonyl (C=O) groups excluding carboxylic acids is 1. The Hall–Kier alpha value is -1.99. The molecule has 6 saturated heterocycles. The Balaban J connectivity index is 0.789. The van der Waals surface area contributed by atoms with Crippen LogP contribution in [0.5, 0.6) is 0 Å². The average molecular weight is 1340 g/mol. The van der Waals surface area contributed by atoms with Gasteiger partial charge in [-0.05, 0) is 99.4 Å². The molecule has 0 aromatic rings. The number of ether oxygens (including phenoxy) is 13. The topological polar surface area (TPSA) is 501 Å². The van der Waals surface area contributed by atoms with E-state index in [9.17, 15) is 91.9 Å². The second-order valence-electron chi connectivity index (χ2n) is 28.4. The Bertz CT molecular complexity index is 2540. The van der Waals surface area contributed by atoms with E-state index < -0.39 is 223 Å². The van der Waals surface area contributed by atoms with Crippen molar-refractivity contribution in [3.63, 3.8) is 0 Å². The Morgan fingerprint density at radius 1 is 0.548 bits per heavy atom.